The van der Waals surface area contributed by atoms with Gasteiger partial charge in [0.15, 0.2) is 9.84 Å². The van der Waals surface area contributed by atoms with Crippen LogP contribution in [0.5, 0.6) is 5.88 Å². The van der Waals surface area contributed by atoms with E-state index in [2.05, 4.69) is 10.4 Å². The van der Waals surface area contributed by atoms with Crippen LogP contribution in [0.15, 0.2) is 58.0 Å². The van der Waals surface area contributed by atoms with Gasteiger partial charge in [-0.3, -0.25) is 4.79 Å². The van der Waals surface area contributed by atoms with E-state index in [1.54, 1.807) is 32.1 Å². The number of carbonyl (C=O) groups is 1. The maximum Gasteiger partial charge on any atom is 0.340 e. The minimum absolute atomic E-state index is 0.0465. The van der Waals surface area contributed by atoms with E-state index in [1.807, 2.05) is 6.92 Å². The van der Waals surface area contributed by atoms with Gasteiger partial charge in [0.2, 0.25) is 11.7 Å². The third-order valence-electron chi connectivity index (χ3n) is 5.72. The van der Waals surface area contributed by atoms with Crippen molar-refractivity contribution in [1.29, 1.82) is 5.41 Å². The van der Waals surface area contributed by atoms with Crippen molar-refractivity contribution < 1.29 is 25.8 Å². The molecule has 0 saturated heterocycles. The van der Waals surface area contributed by atoms with Crippen LogP contribution in [-0.2, 0) is 33.5 Å². The second-order valence-corrected chi connectivity index (χ2v) is 13.0. The average molecular weight is 593 g/mol. The molecule has 0 amide bonds. The molecule has 208 valence electrons. The van der Waals surface area contributed by atoms with Crippen molar-refractivity contribution in [2.24, 2.45) is 7.05 Å². The predicted octanol–water partition coefficient (Wildman–Crippen LogP) is 4.13. The molecular formula is C26H29ClN4O6S2. The van der Waals surface area contributed by atoms with Crippen molar-refractivity contribution in [3.05, 3.63) is 81.1 Å². The van der Waals surface area contributed by atoms with E-state index in [0.29, 0.717) is 11.4 Å². The lowest BCUT2D eigenvalue weighted by Gasteiger charge is -2.16. The molecule has 0 saturated carbocycles. The number of sulfone groups is 1. The van der Waals surface area contributed by atoms with Crippen LogP contribution in [0.3, 0.4) is 0 Å². The van der Waals surface area contributed by atoms with Gasteiger partial charge in [0.25, 0.3) is 0 Å². The highest BCUT2D eigenvalue weighted by Crippen LogP contribution is 2.33. The molecule has 13 heteroatoms. The molecule has 3 aromatic rings. The van der Waals surface area contributed by atoms with Gasteiger partial charge in [0.1, 0.15) is 10.5 Å². The number of carbonyl (C=O) groups excluding carboxylic acids is 1. The summed E-state index contributed by atoms with van der Waals surface area (Å²) in [6.45, 7) is 6.59. The summed E-state index contributed by atoms with van der Waals surface area (Å²) in [5, 5.41) is 14.7. The van der Waals surface area contributed by atoms with Crippen molar-refractivity contribution in [3.63, 3.8) is 0 Å². The van der Waals surface area contributed by atoms with Crippen molar-refractivity contribution >= 4 is 43.1 Å². The number of halogens is 1. The summed E-state index contributed by atoms with van der Waals surface area (Å²) in [6.07, 6.45) is 2.58. The fourth-order valence-electron chi connectivity index (χ4n) is 3.88. The molecule has 39 heavy (non-hydrogen) atoms. The summed E-state index contributed by atoms with van der Waals surface area (Å²) in [5.74, 6) is -0.996. The Balaban J connectivity index is 2.11. The van der Waals surface area contributed by atoms with Crippen LogP contribution in [0.4, 0.5) is 0 Å². The monoisotopic (exact) mass is 592 g/mol. The van der Waals surface area contributed by atoms with E-state index in [4.69, 9.17) is 21.2 Å². The summed E-state index contributed by atoms with van der Waals surface area (Å²) < 4.78 is 57.5. The molecule has 0 unspecified atom stereocenters. The fraction of sp³-hybridized carbons (Fsp3) is 0.269. The van der Waals surface area contributed by atoms with E-state index < -0.39 is 25.7 Å². The van der Waals surface area contributed by atoms with E-state index in [1.165, 1.54) is 38.2 Å². The molecule has 0 aliphatic heterocycles. The summed E-state index contributed by atoms with van der Waals surface area (Å²) in [6, 6.07) is 8.59. The number of allylic oxidation sites excluding steroid dienone is 2. The van der Waals surface area contributed by atoms with Crippen LogP contribution in [-0.4, -0.2) is 44.4 Å². The Kier molecular flexibility index (Phi) is 8.73. The highest BCUT2D eigenvalue weighted by molar-refractivity contribution is 7.90. The van der Waals surface area contributed by atoms with Crippen LogP contribution in [0, 0.1) is 19.3 Å². The van der Waals surface area contributed by atoms with Crippen LogP contribution < -0.4 is 9.50 Å². The molecule has 2 N–H and O–H groups in total. The normalized spacial score (nSPS) is 12.3. The smallest absolute Gasteiger partial charge is 0.340 e. The van der Waals surface area contributed by atoms with E-state index in [9.17, 15) is 21.6 Å². The molecule has 0 spiro atoms. The summed E-state index contributed by atoms with van der Waals surface area (Å²) in [5.41, 5.74) is 1.90. The van der Waals surface area contributed by atoms with Crippen LogP contribution in [0.1, 0.15) is 46.6 Å². The van der Waals surface area contributed by atoms with Gasteiger partial charge in [0, 0.05) is 42.4 Å². The zero-order chi connectivity index (χ0) is 29.3. The second kappa shape index (κ2) is 11.3. The first-order valence-corrected chi connectivity index (χ1v) is 15.3. The molecular weight excluding hydrogens is 564 g/mol. The maximum absolute atomic E-state index is 13.8. The molecule has 1 heterocycles. The molecule has 0 atom stereocenters. The number of nitrogens with one attached hydrogen (secondary N) is 2. The molecule has 2 aromatic carbocycles. The van der Waals surface area contributed by atoms with Crippen molar-refractivity contribution in [1.82, 2.24) is 15.1 Å². The van der Waals surface area contributed by atoms with E-state index >= 15 is 0 Å². The van der Waals surface area contributed by atoms with Gasteiger partial charge in [-0.05, 0) is 58.0 Å². The third-order valence-corrected chi connectivity index (χ3v) is 8.56. The zero-order valence-electron chi connectivity index (χ0n) is 22.3. The highest BCUT2D eigenvalue weighted by Gasteiger charge is 2.30. The number of ketones is 1. The fourth-order valence-corrected chi connectivity index (χ4v) is 6.16. The number of hydrogen-bond donors (Lipinski definition) is 2. The summed E-state index contributed by atoms with van der Waals surface area (Å²) in [7, 11) is -6.59. The largest absolute Gasteiger partial charge is 0.384 e. The first-order chi connectivity index (χ1) is 18.0. The molecule has 1 aromatic heterocycles. The number of benzene rings is 2. The number of rotatable bonds is 10. The minimum Gasteiger partial charge on any atom is -0.384 e. The minimum atomic E-state index is -4.31. The van der Waals surface area contributed by atoms with Gasteiger partial charge in [-0.15, -0.1) is 0 Å². The predicted molar refractivity (Wildman–Crippen MR) is 149 cm³/mol. The van der Waals surface area contributed by atoms with Crippen LogP contribution >= 0.6 is 11.6 Å². The molecule has 0 aliphatic rings. The van der Waals surface area contributed by atoms with Crippen LogP contribution in [0.2, 0.25) is 5.02 Å². The van der Waals surface area contributed by atoms with Gasteiger partial charge in [-0.25, -0.2) is 13.1 Å². The molecule has 0 fully saturated rings. The molecule has 0 radical (unpaired) electrons. The van der Waals surface area contributed by atoms with Gasteiger partial charge >= 0.3 is 10.1 Å². The Bertz CT molecular complexity index is 1710. The van der Waals surface area contributed by atoms with Crippen molar-refractivity contribution in [2.75, 3.05) is 6.26 Å². The lowest BCUT2D eigenvalue weighted by atomic mass is 10.0. The Morgan fingerprint density at radius 1 is 1.10 bits per heavy atom. The maximum atomic E-state index is 13.8. The lowest BCUT2D eigenvalue weighted by molar-refractivity contribution is 0.103. The van der Waals surface area contributed by atoms with Crippen molar-refractivity contribution in [3.8, 4) is 5.88 Å². The Labute approximate surface area is 233 Å². The lowest BCUT2D eigenvalue weighted by Crippen LogP contribution is -2.17. The van der Waals surface area contributed by atoms with E-state index in [-0.39, 0.29) is 49.6 Å². The average Bonchev–Trinajstić information content (AvgIpc) is 3.08. The first kappa shape index (κ1) is 30.1. The first-order valence-electron chi connectivity index (χ1n) is 11.6. The number of aryl methyl sites for hydroxylation is 3. The topological polar surface area (TPSA) is 148 Å². The SMILES string of the molecule is CC(=N)/C=C(/C)NCc1c(S(C)(=O)=O)ccc(C(=O)c2c(C)nn(C)c2OS(=O)(=O)c2ccc(C)cc2)c1Cl. The van der Waals surface area contributed by atoms with E-state index in [0.717, 1.165) is 16.5 Å². The molecule has 10 nitrogen and oxygen atoms in total. The van der Waals surface area contributed by atoms with Gasteiger partial charge in [0.05, 0.1) is 15.6 Å². The van der Waals surface area contributed by atoms with Crippen LogP contribution in [0.25, 0.3) is 0 Å². The number of aromatic nitrogens is 2. The third kappa shape index (κ3) is 6.75. The summed E-state index contributed by atoms with van der Waals surface area (Å²) in [4.78, 5) is 13.6. The standard InChI is InChI=1S/C26H29ClN4O6S2/c1-15-7-9-19(10-8-15)39(35,36)37-26-23(18(4)30-31(26)5)25(32)20-11-12-22(38(6,33)34)21(24(20)27)14-29-17(3)13-16(2)28/h7-13,28-29H,14H2,1-6H3/b17-13-,28-16?. The molecule has 0 bridgehead atoms. The summed E-state index contributed by atoms with van der Waals surface area (Å²) >= 11 is 6.64. The molecule has 0 aliphatic carbocycles. The molecule has 3 rings (SSSR count). The number of nitrogens with zero attached hydrogens (tertiary/aromatic N) is 2. The van der Waals surface area contributed by atoms with Gasteiger partial charge in [-0.2, -0.15) is 13.5 Å². The highest BCUT2D eigenvalue weighted by atomic mass is 35.5. The van der Waals surface area contributed by atoms with Crippen molar-refractivity contribution in [2.45, 2.75) is 44.0 Å². The van der Waals surface area contributed by atoms with Gasteiger partial charge in [-0.1, -0.05) is 29.3 Å². The Morgan fingerprint density at radius 3 is 2.28 bits per heavy atom. The Hall–Kier alpha value is -3.48. The Morgan fingerprint density at radius 2 is 1.72 bits per heavy atom. The van der Waals surface area contributed by atoms with Gasteiger partial charge < -0.3 is 14.9 Å². The number of hydrogen-bond acceptors (Lipinski definition) is 9. The zero-order valence-corrected chi connectivity index (χ0v) is 24.7. The quantitative estimate of drug-likeness (QED) is 0.203. The second-order valence-electron chi connectivity index (χ2n) is 9.11.